The molecule has 11 heteroatoms. The van der Waals surface area contributed by atoms with E-state index in [2.05, 4.69) is 10.6 Å². The maximum Gasteiger partial charge on any atom is 0.255 e. The molecular formula is C22H28N4O6S. The number of carbonyl (C=O) groups excluding carboxylic acids is 1. The van der Waals surface area contributed by atoms with Crippen LogP contribution in [0.4, 0.5) is 11.4 Å². The Morgan fingerprint density at radius 1 is 1.12 bits per heavy atom. The lowest BCUT2D eigenvalue weighted by Gasteiger charge is -2.26. The Bertz CT molecular complexity index is 1170. The van der Waals surface area contributed by atoms with Gasteiger partial charge in [-0.25, -0.2) is 8.42 Å². The van der Waals surface area contributed by atoms with Crippen molar-refractivity contribution in [3.8, 4) is 0 Å². The van der Waals surface area contributed by atoms with E-state index in [0.717, 1.165) is 19.4 Å². The molecule has 10 nitrogen and oxygen atoms in total. The van der Waals surface area contributed by atoms with Crippen molar-refractivity contribution >= 4 is 27.3 Å². The summed E-state index contributed by atoms with van der Waals surface area (Å²) in [4.78, 5) is 24.9. The van der Waals surface area contributed by atoms with Gasteiger partial charge in [-0.1, -0.05) is 0 Å². The number of ether oxygens (including phenoxy) is 2. The molecule has 3 heterocycles. The number of aromatic nitrogens is 1. The quantitative estimate of drug-likeness (QED) is 0.617. The summed E-state index contributed by atoms with van der Waals surface area (Å²) in [6, 6.07) is 7.38. The zero-order chi connectivity index (χ0) is 23.4. The lowest BCUT2D eigenvalue weighted by atomic mass is 10.2. The molecule has 1 unspecified atom stereocenters. The number of hydrogen-bond acceptors (Lipinski definition) is 7. The lowest BCUT2D eigenvalue weighted by Crippen LogP contribution is -2.40. The number of sulfonamides is 1. The summed E-state index contributed by atoms with van der Waals surface area (Å²) >= 11 is 0. The first kappa shape index (κ1) is 23.4. The first-order chi connectivity index (χ1) is 15.8. The van der Waals surface area contributed by atoms with Crippen LogP contribution < -0.4 is 16.2 Å². The number of aryl methyl sites for hydroxylation is 1. The molecule has 0 saturated carbocycles. The number of hydrogen-bond donors (Lipinski definition) is 2. The fourth-order valence-electron chi connectivity index (χ4n) is 3.79. The van der Waals surface area contributed by atoms with Crippen molar-refractivity contribution in [3.63, 3.8) is 0 Å². The second-order valence-electron chi connectivity index (χ2n) is 8.06. The Kier molecular flexibility index (Phi) is 7.13. The van der Waals surface area contributed by atoms with Crippen molar-refractivity contribution in [3.05, 3.63) is 52.4 Å². The first-order valence-electron chi connectivity index (χ1n) is 10.9. The van der Waals surface area contributed by atoms with Crippen molar-refractivity contribution in [2.75, 3.05) is 50.1 Å². The lowest BCUT2D eigenvalue weighted by molar-refractivity contribution is 0.0730. The maximum absolute atomic E-state index is 13.1. The van der Waals surface area contributed by atoms with Gasteiger partial charge < -0.3 is 24.7 Å². The van der Waals surface area contributed by atoms with Gasteiger partial charge in [0.15, 0.2) is 0 Å². The number of pyridine rings is 1. The molecule has 4 rings (SSSR count). The van der Waals surface area contributed by atoms with Crippen LogP contribution in [-0.2, 0) is 26.5 Å². The van der Waals surface area contributed by atoms with Crippen LogP contribution >= 0.6 is 0 Å². The summed E-state index contributed by atoms with van der Waals surface area (Å²) in [6.07, 6.45) is 3.50. The summed E-state index contributed by atoms with van der Waals surface area (Å²) in [5, 5.41) is 6.02. The standard InChI is InChI=1S/C22H28N4O6S/c1-25-7-6-16(13-21(25)27)22(28)24-20-14-18(33(29,30)26-8-11-31-12-9-26)4-5-19(20)23-15-17-3-2-10-32-17/h4-7,13-14,17,23H,2-3,8-12,15H2,1H3,(H,24,28). The normalized spacial score (nSPS) is 19.4. The third kappa shape index (κ3) is 5.44. The van der Waals surface area contributed by atoms with Crippen molar-refractivity contribution in [1.29, 1.82) is 0 Å². The van der Waals surface area contributed by atoms with Gasteiger partial charge in [-0.3, -0.25) is 9.59 Å². The Morgan fingerprint density at radius 2 is 1.91 bits per heavy atom. The van der Waals surface area contributed by atoms with Crippen LogP contribution in [0.5, 0.6) is 0 Å². The molecule has 2 fully saturated rings. The topological polar surface area (TPSA) is 119 Å². The maximum atomic E-state index is 13.1. The summed E-state index contributed by atoms with van der Waals surface area (Å²) in [6.45, 7) is 2.48. The first-order valence-corrected chi connectivity index (χ1v) is 12.3. The van der Waals surface area contributed by atoms with Crippen molar-refractivity contribution in [1.82, 2.24) is 8.87 Å². The number of carbonyl (C=O) groups is 1. The molecule has 2 aliphatic heterocycles. The van der Waals surface area contributed by atoms with Gasteiger partial charge in [0.2, 0.25) is 10.0 Å². The predicted octanol–water partition coefficient (Wildman–Crippen LogP) is 1.25. The van der Waals surface area contributed by atoms with Crippen LogP contribution in [0, 0.1) is 0 Å². The Morgan fingerprint density at radius 3 is 2.61 bits per heavy atom. The van der Waals surface area contributed by atoms with Crippen LogP contribution in [0.1, 0.15) is 23.2 Å². The van der Waals surface area contributed by atoms with Crippen molar-refractivity contribution in [2.24, 2.45) is 7.05 Å². The smallest absolute Gasteiger partial charge is 0.255 e. The van der Waals surface area contributed by atoms with Crippen LogP contribution in [-0.4, -0.2) is 68.8 Å². The molecule has 2 N–H and O–H groups in total. The number of rotatable bonds is 7. The molecule has 1 atom stereocenters. The average molecular weight is 477 g/mol. The average Bonchev–Trinajstić information content (AvgIpc) is 3.34. The number of nitrogens with zero attached hydrogens (tertiary/aromatic N) is 2. The molecule has 33 heavy (non-hydrogen) atoms. The molecule has 0 bridgehead atoms. The Labute approximate surface area is 192 Å². The van der Waals surface area contributed by atoms with Gasteiger partial charge in [0, 0.05) is 51.1 Å². The third-order valence-corrected chi connectivity index (χ3v) is 7.65. The minimum Gasteiger partial charge on any atom is -0.381 e. The molecule has 1 amide bonds. The van der Waals surface area contributed by atoms with E-state index in [1.165, 1.54) is 39.3 Å². The van der Waals surface area contributed by atoms with Crippen LogP contribution in [0.2, 0.25) is 0 Å². The fourth-order valence-corrected chi connectivity index (χ4v) is 5.23. The Balaban J connectivity index is 1.62. The highest BCUT2D eigenvalue weighted by atomic mass is 32.2. The number of nitrogens with one attached hydrogen (secondary N) is 2. The van der Waals surface area contributed by atoms with E-state index < -0.39 is 15.9 Å². The number of morpholine rings is 1. The monoisotopic (exact) mass is 476 g/mol. The van der Waals surface area contributed by atoms with Crippen molar-refractivity contribution in [2.45, 2.75) is 23.8 Å². The molecule has 1 aromatic carbocycles. The van der Waals surface area contributed by atoms with E-state index >= 15 is 0 Å². The van der Waals surface area contributed by atoms with Gasteiger partial charge in [-0.05, 0) is 37.1 Å². The van der Waals surface area contributed by atoms with Gasteiger partial charge in [-0.15, -0.1) is 0 Å². The molecule has 178 valence electrons. The minimum atomic E-state index is -3.75. The summed E-state index contributed by atoms with van der Waals surface area (Å²) in [5.41, 5.74) is 0.754. The molecule has 1 aromatic heterocycles. The van der Waals surface area contributed by atoms with E-state index in [0.29, 0.717) is 31.1 Å². The minimum absolute atomic E-state index is 0.0578. The van der Waals surface area contributed by atoms with Crippen molar-refractivity contribution < 1.29 is 22.7 Å². The number of amides is 1. The van der Waals surface area contributed by atoms with Gasteiger partial charge in [0.1, 0.15) is 0 Å². The zero-order valence-electron chi connectivity index (χ0n) is 18.5. The molecule has 0 aliphatic carbocycles. The highest BCUT2D eigenvalue weighted by Gasteiger charge is 2.27. The largest absolute Gasteiger partial charge is 0.381 e. The van der Waals surface area contributed by atoms with Gasteiger partial charge in [-0.2, -0.15) is 4.31 Å². The van der Waals surface area contributed by atoms with Gasteiger partial charge >= 0.3 is 0 Å². The molecule has 2 saturated heterocycles. The van der Waals surface area contributed by atoms with E-state index in [9.17, 15) is 18.0 Å². The summed E-state index contributed by atoms with van der Waals surface area (Å²) in [5.74, 6) is -0.506. The zero-order valence-corrected chi connectivity index (χ0v) is 19.3. The van der Waals surface area contributed by atoms with Gasteiger partial charge in [0.05, 0.1) is 35.6 Å². The van der Waals surface area contributed by atoms with E-state index in [1.54, 1.807) is 13.1 Å². The molecular weight excluding hydrogens is 448 g/mol. The Hall–Kier alpha value is -2.73. The van der Waals surface area contributed by atoms with E-state index in [-0.39, 0.29) is 35.2 Å². The van der Waals surface area contributed by atoms with E-state index in [1.807, 2.05) is 0 Å². The number of anilines is 2. The SMILES string of the molecule is Cn1ccc(C(=O)Nc2cc(S(=O)(=O)N3CCOCC3)ccc2NCC2CCCO2)cc1=O. The van der Waals surface area contributed by atoms with E-state index in [4.69, 9.17) is 9.47 Å². The predicted molar refractivity (Wildman–Crippen MR) is 123 cm³/mol. The van der Waals surface area contributed by atoms with Gasteiger partial charge in [0.25, 0.3) is 11.5 Å². The molecule has 2 aromatic rings. The highest BCUT2D eigenvalue weighted by molar-refractivity contribution is 7.89. The fraction of sp³-hybridized carbons (Fsp3) is 0.455. The number of benzene rings is 1. The van der Waals surface area contributed by atoms with Crippen LogP contribution in [0.15, 0.2) is 46.2 Å². The molecule has 2 aliphatic rings. The summed E-state index contributed by atoms with van der Waals surface area (Å²) < 4.78 is 39.9. The second kappa shape index (κ2) is 10.0. The van der Waals surface area contributed by atoms with Crippen LogP contribution in [0.3, 0.4) is 0 Å². The molecule has 0 spiro atoms. The summed E-state index contributed by atoms with van der Waals surface area (Å²) in [7, 11) is -2.15. The second-order valence-corrected chi connectivity index (χ2v) is 10.00. The molecule has 0 radical (unpaired) electrons. The third-order valence-electron chi connectivity index (χ3n) is 5.76. The highest BCUT2D eigenvalue weighted by Crippen LogP contribution is 2.29. The van der Waals surface area contributed by atoms with Crippen LogP contribution in [0.25, 0.3) is 0 Å².